The quantitative estimate of drug-likeness (QED) is 0.291. The maximum absolute atomic E-state index is 12.5. The zero-order chi connectivity index (χ0) is 17.9. The number of hydrogen-bond donors (Lipinski definition) is 0. The molecule has 0 radical (unpaired) electrons. The van der Waals surface area contributed by atoms with Crippen LogP contribution in [-0.4, -0.2) is 12.6 Å². The molecule has 3 nitrogen and oxygen atoms in total. The van der Waals surface area contributed by atoms with Crippen LogP contribution in [0.4, 0.5) is 0 Å². The van der Waals surface area contributed by atoms with Crippen LogP contribution in [0.1, 0.15) is 43.7 Å². The summed E-state index contributed by atoms with van der Waals surface area (Å²) < 4.78 is 5.35. The molecule has 0 fully saturated rings. The molecule has 0 spiro atoms. The molecule has 0 saturated heterocycles. The van der Waals surface area contributed by atoms with Crippen LogP contribution >= 0.6 is 0 Å². The standard InChI is InChI=1S/C22H23NO2/c1-2-3-4-11-16-25-22(24)20(17-23)21(18-12-7-5-8-13-18)19-14-9-6-10-15-19/h5-10,12-15H,2-4,11,16H2,1H3. The minimum atomic E-state index is -0.554. The zero-order valence-electron chi connectivity index (χ0n) is 14.6. The third-order valence-electron chi connectivity index (χ3n) is 3.92. The molecule has 25 heavy (non-hydrogen) atoms. The normalized spacial score (nSPS) is 9.92. The summed E-state index contributed by atoms with van der Waals surface area (Å²) in [5.41, 5.74) is 2.32. The highest BCUT2D eigenvalue weighted by molar-refractivity contribution is 6.05. The van der Waals surface area contributed by atoms with Crippen molar-refractivity contribution >= 4 is 11.5 Å². The maximum Gasteiger partial charge on any atom is 0.349 e. The molecule has 0 aliphatic heterocycles. The predicted octanol–water partition coefficient (Wildman–Crippen LogP) is 5.14. The average Bonchev–Trinajstić information content (AvgIpc) is 2.67. The topological polar surface area (TPSA) is 50.1 Å². The van der Waals surface area contributed by atoms with Gasteiger partial charge in [0.1, 0.15) is 11.6 Å². The molecule has 0 heterocycles. The number of ether oxygens (including phenoxy) is 1. The number of rotatable bonds is 8. The highest BCUT2D eigenvalue weighted by Crippen LogP contribution is 2.27. The van der Waals surface area contributed by atoms with Crippen LogP contribution in [0.25, 0.3) is 5.57 Å². The summed E-state index contributed by atoms with van der Waals surface area (Å²) in [6.45, 7) is 2.48. The Morgan fingerprint density at radius 2 is 1.48 bits per heavy atom. The van der Waals surface area contributed by atoms with E-state index in [1.54, 1.807) is 0 Å². The highest BCUT2D eigenvalue weighted by Gasteiger charge is 2.19. The van der Waals surface area contributed by atoms with Gasteiger partial charge >= 0.3 is 5.97 Å². The summed E-state index contributed by atoms with van der Waals surface area (Å²) in [4.78, 5) is 12.5. The van der Waals surface area contributed by atoms with Gasteiger partial charge in [0.2, 0.25) is 0 Å². The second kappa shape index (κ2) is 10.1. The number of nitrogens with zero attached hydrogens (tertiary/aromatic N) is 1. The maximum atomic E-state index is 12.5. The second-order valence-electron chi connectivity index (χ2n) is 5.79. The molecule has 0 aliphatic carbocycles. The molecule has 2 aromatic carbocycles. The van der Waals surface area contributed by atoms with Crippen molar-refractivity contribution < 1.29 is 9.53 Å². The zero-order valence-corrected chi connectivity index (χ0v) is 14.6. The summed E-state index contributed by atoms with van der Waals surface area (Å²) in [6.07, 6.45) is 4.10. The fourth-order valence-electron chi connectivity index (χ4n) is 2.63. The first-order valence-electron chi connectivity index (χ1n) is 8.70. The van der Waals surface area contributed by atoms with E-state index in [9.17, 15) is 10.1 Å². The molecule has 0 aromatic heterocycles. The minimum Gasteiger partial charge on any atom is -0.462 e. The van der Waals surface area contributed by atoms with Crippen molar-refractivity contribution in [1.82, 2.24) is 0 Å². The van der Waals surface area contributed by atoms with E-state index in [1.165, 1.54) is 0 Å². The summed E-state index contributed by atoms with van der Waals surface area (Å²) in [5, 5.41) is 9.62. The van der Waals surface area contributed by atoms with Crippen LogP contribution in [0, 0.1) is 11.3 Å². The van der Waals surface area contributed by atoms with Gasteiger partial charge in [-0.25, -0.2) is 4.79 Å². The molecular formula is C22H23NO2. The first-order chi connectivity index (χ1) is 12.3. The Hall–Kier alpha value is -2.86. The number of unbranched alkanes of at least 4 members (excludes halogenated alkanes) is 3. The molecule has 128 valence electrons. The van der Waals surface area contributed by atoms with Crippen molar-refractivity contribution in [3.05, 3.63) is 77.4 Å². The number of carbonyl (C=O) groups excluding carboxylic acids is 1. The van der Waals surface area contributed by atoms with Crippen LogP contribution in [0.15, 0.2) is 66.2 Å². The van der Waals surface area contributed by atoms with E-state index >= 15 is 0 Å². The number of carbonyl (C=O) groups is 1. The van der Waals surface area contributed by atoms with Gasteiger partial charge in [-0.2, -0.15) is 5.26 Å². The Morgan fingerprint density at radius 1 is 0.920 bits per heavy atom. The third-order valence-corrected chi connectivity index (χ3v) is 3.92. The van der Waals surface area contributed by atoms with E-state index in [1.807, 2.05) is 60.7 Å². The van der Waals surface area contributed by atoms with Gasteiger partial charge in [-0.3, -0.25) is 0 Å². The molecule has 0 unspecified atom stereocenters. The SMILES string of the molecule is CCCCCCOC(=O)C(C#N)=C(c1ccccc1)c1ccccc1. The first-order valence-corrected chi connectivity index (χ1v) is 8.70. The summed E-state index contributed by atoms with van der Waals surface area (Å²) in [5.74, 6) is -0.554. The van der Waals surface area contributed by atoms with Crippen molar-refractivity contribution in [2.24, 2.45) is 0 Å². The smallest absolute Gasteiger partial charge is 0.349 e. The molecule has 0 amide bonds. The number of esters is 1. The van der Waals surface area contributed by atoms with Gasteiger partial charge in [-0.1, -0.05) is 86.8 Å². The molecule has 0 N–H and O–H groups in total. The van der Waals surface area contributed by atoms with Gasteiger partial charge in [-0.15, -0.1) is 0 Å². The molecule has 0 aliphatic rings. The molecule has 0 atom stereocenters. The predicted molar refractivity (Wildman–Crippen MR) is 99.6 cm³/mol. The van der Waals surface area contributed by atoms with Gasteiger partial charge in [0, 0.05) is 5.57 Å². The Bertz CT molecular complexity index is 701. The van der Waals surface area contributed by atoms with Gasteiger partial charge in [0.05, 0.1) is 6.61 Å². The largest absolute Gasteiger partial charge is 0.462 e. The first kappa shape index (κ1) is 18.5. The molecule has 0 bridgehead atoms. The van der Waals surface area contributed by atoms with Crippen molar-refractivity contribution in [2.75, 3.05) is 6.61 Å². The highest BCUT2D eigenvalue weighted by atomic mass is 16.5. The van der Waals surface area contributed by atoms with E-state index in [0.29, 0.717) is 12.2 Å². The monoisotopic (exact) mass is 333 g/mol. The fourth-order valence-corrected chi connectivity index (χ4v) is 2.63. The number of nitriles is 1. The summed E-state index contributed by atoms with van der Waals surface area (Å²) in [6, 6.07) is 21.0. The summed E-state index contributed by atoms with van der Waals surface area (Å²) in [7, 11) is 0. The molecule has 2 aromatic rings. The second-order valence-corrected chi connectivity index (χ2v) is 5.79. The van der Waals surface area contributed by atoms with Gasteiger partial charge in [-0.05, 0) is 17.5 Å². The van der Waals surface area contributed by atoms with Gasteiger partial charge in [0.25, 0.3) is 0 Å². The lowest BCUT2D eigenvalue weighted by atomic mass is 9.93. The van der Waals surface area contributed by atoms with E-state index in [0.717, 1.165) is 36.8 Å². The average molecular weight is 333 g/mol. The van der Waals surface area contributed by atoms with Crippen molar-refractivity contribution in [3.8, 4) is 6.07 Å². The van der Waals surface area contributed by atoms with E-state index < -0.39 is 5.97 Å². The van der Waals surface area contributed by atoms with Crippen LogP contribution in [0.3, 0.4) is 0 Å². The van der Waals surface area contributed by atoms with Crippen LogP contribution in [-0.2, 0) is 9.53 Å². The minimum absolute atomic E-state index is 0.0490. The Kier molecular flexibility index (Phi) is 7.46. The van der Waals surface area contributed by atoms with E-state index in [-0.39, 0.29) is 5.57 Å². The number of benzene rings is 2. The van der Waals surface area contributed by atoms with Crippen LogP contribution in [0.5, 0.6) is 0 Å². The van der Waals surface area contributed by atoms with Crippen LogP contribution < -0.4 is 0 Å². The van der Waals surface area contributed by atoms with Crippen LogP contribution in [0.2, 0.25) is 0 Å². The Morgan fingerprint density at radius 3 is 1.96 bits per heavy atom. The lowest BCUT2D eigenvalue weighted by molar-refractivity contribution is -0.138. The van der Waals surface area contributed by atoms with Gasteiger partial charge in [0.15, 0.2) is 0 Å². The molecule has 3 heteroatoms. The lowest BCUT2D eigenvalue weighted by Gasteiger charge is -2.11. The summed E-state index contributed by atoms with van der Waals surface area (Å²) >= 11 is 0. The van der Waals surface area contributed by atoms with Crippen molar-refractivity contribution in [2.45, 2.75) is 32.6 Å². The van der Waals surface area contributed by atoms with Crippen molar-refractivity contribution in [1.29, 1.82) is 5.26 Å². The van der Waals surface area contributed by atoms with Gasteiger partial charge < -0.3 is 4.74 Å². The van der Waals surface area contributed by atoms with E-state index in [4.69, 9.17) is 4.74 Å². The molecular weight excluding hydrogens is 310 g/mol. The van der Waals surface area contributed by atoms with E-state index in [2.05, 4.69) is 13.0 Å². The Balaban J connectivity index is 2.31. The Labute approximate surface area is 149 Å². The third kappa shape index (κ3) is 5.32. The van der Waals surface area contributed by atoms with Crippen molar-refractivity contribution in [3.63, 3.8) is 0 Å². The molecule has 2 rings (SSSR count). The fraction of sp³-hybridized carbons (Fsp3) is 0.273. The number of hydrogen-bond acceptors (Lipinski definition) is 3. The molecule has 0 saturated carbocycles. The lowest BCUT2D eigenvalue weighted by Crippen LogP contribution is -2.11.